The maximum atomic E-state index is 15.5. The van der Waals surface area contributed by atoms with Gasteiger partial charge in [0.05, 0.1) is 34.4 Å². The molecular weight excluding hydrogens is 831 g/mol. The smallest absolute Gasteiger partial charge is 0.277 e. The van der Waals surface area contributed by atoms with Crippen molar-refractivity contribution in [2.24, 2.45) is 23.7 Å². The second-order valence-electron chi connectivity index (χ2n) is 19.8. The van der Waals surface area contributed by atoms with Gasteiger partial charge >= 0.3 is 12.4 Å². The van der Waals surface area contributed by atoms with Crippen molar-refractivity contribution in [1.82, 2.24) is 9.80 Å². The Kier molecular flexibility index (Phi) is 14.9. The van der Waals surface area contributed by atoms with Crippen LogP contribution in [0.1, 0.15) is 182 Å². The van der Waals surface area contributed by atoms with Crippen LogP contribution in [-0.2, 0) is 42.4 Å². The molecule has 12 heteroatoms. The molecule has 2 saturated heterocycles. The summed E-state index contributed by atoms with van der Waals surface area (Å²) in [5.74, 6) is -4.29. The summed E-state index contributed by atoms with van der Waals surface area (Å²) in [5, 5.41) is 0. The Balaban J connectivity index is 1.63. The molecule has 0 saturated carbocycles. The van der Waals surface area contributed by atoms with Gasteiger partial charge in [0.25, 0.3) is 0 Å². The molecule has 3 aliphatic rings. The first-order chi connectivity index (χ1) is 29.8. The van der Waals surface area contributed by atoms with E-state index in [0.29, 0.717) is 43.2 Å². The van der Waals surface area contributed by atoms with E-state index in [-0.39, 0.29) is 55.9 Å². The van der Waals surface area contributed by atoms with Gasteiger partial charge in [-0.2, -0.15) is 26.3 Å². The molecule has 2 heterocycles. The van der Waals surface area contributed by atoms with Gasteiger partial charge in [0, 0.05) is 17.4 Å². The number of likely N-dealkylation sites (tertiary alicyclic amines) is 2. The van der Waals surface area contributed by atoms with Crippen LogP contribution in [0.5, 0.6) is 0 Å². The molecular formula is C52H70F6N2O4. The molecule has 0 bridgehead atoms. The van der Waals surface area contributed by atoms with Gasteiger partial charge in [-0.05, 0) is 118 Å². The van der Waals surface area contributed by atoms with E-state index >= 15 is 18.0 Å². The second-order valence-corrected chi connectivity index (χ2v) is 19.8. The largest absolute Gasteiger partial charge is 0.417 e. The standard InChI is InChI=1S/C52H70F6N2O4/c1-12-19-26-47(9,10)59-42(61)31-38(44(59)62)33-27-32(8)43-39(28-33)45(63)60(46(43)64)50(18-7,25-14-3)49(16-5,17-6)35-21-23-37(41(30-35)52(56,57)58)36-22-20-34(29-40(36)51(53,54)55)48(11,15-4)24-13-2/h20-23,27,29-30,33,38-39,43H,12-19,24-26,28,31H2,1-11H3. The molecule has 6 nitrogen and oxygen atoms in total. The number of carbonyl (C=O) groups excluding carboxylic acids is 4. The zero-order chi connectivity index (χ0) is 48.0. The number of nitrogens with zero attached hydrogens (tertiary/aromatic N) is 2. The highest BCUT2D eigenvalue weighted by Gasteiger charge is 2.63. The molecule has 2 aromatic rings. The molecule has 6 atom stereocenters. The first-order valence-corrected chi connectivity index (χ1v) is 23.7. The Morgan fingerprint density at radius 2 is 1.14 bits per heavy atom. The summed E-state index contributed by atoms with van der Waals surface area (Å²) in [4.78, 5) is 60.3. The minimum atomic E-state index is -5.06. The van der Waals surface area contributed by atoms with Crippen LogP contribution in [0.25, 0.3) is 11.1 Å². The van der Waals surface area contributed by atoms with Gasteiger partial charge in [0.1, 0.15) is 0 Å². The van der Waals surface area contributed by atoms with Gasteiger partial charge in [0.2, 0.25) is 23.6 Å². The van der Waals surface area contributed by atoms with E-state index in [9.17, 15) is 27.6 Å². The van der Waals surface area contributed by atoms with Crippen LogP contribution >= 0.6 is 0 Å². The SMILES string of the molecule is CCCCC(C)(C)N1C(=O)CC(C2C=C(C)C3C(=O)N(C(CC)(CCC)C(CC)(CC)c4ccc(-c5ccc(C(C)(CC)CCC)cc5C(F)(F)F)c(C(F)(F)F)c4)C(=O)C3C2)C1=O. The van der Waals surface area contributed by atoms with Crippen LogP contribution in [0.4, 0.5) is 26.3 Å². The molecule has 0 radical (unpaired) electrons. The van der Waals surface area contributed by atoms with Crippen molar-refractivity contribution >= 4 is 23.6 Å². The van der Waals surface area contributed by atoms with Gasteiger partial charge in [-0.25, -0.2) is 0 Å². The molecule has 5 rings (SSSR count). The van der Waals surface area contributed by atoms with Crippen molar-refractivity contribution in [3.05, 3.63) is 70.3 Å². The molecule has 0 N–H and O–H groups in total. The van der Waals surface area contributed by atoms with Crippen molar-refractivity contribution in [2.45, 2.75) is 194 Å². The minimum Gasteiger partial charge on any atom is -0.277 e. The summed E-state index contributed by atoms with van der Waals surface area (Å²) in [5.41, 5.74) is -6.16. The van der Waals surface area contributed by atoms with Gasteiger partial charge in [0.15, 0.2) is 0 Å². The molecule has 1 aliphatic carbocycles. The molecule has 6 unspecified atom stereocenters. The van der Waals surface area contributed by atoms with Crippen LogP contribution in [-0.4, -0.2) is 44.5 Å². The number of hydrogen-bond acceptors (Lipinski definition) is 4. The lowest BCUT2D eigenvalue weighted by Gasteiger charge is -2.55. The van der Waals surface area contributed by atoms with E-state index in [2.05, 4.69) is 0 Å². The highest BCUT2D eigenvalue weighted by Crippen LogP contribution is 2.56. The normalized spacial score (nSPS) is 23.1. The van der Waals surface area contributed by atoms with Gasteiger partial charge in [-0.15, -0.1) is 0 Å². The lowest BCUT2D eigenvalue weighted by molar-refractivity contribution is -0.153. The second kappa shape index (κ2) is 18.7. The van der Waals surface area contributed by atoms with Crippen molar-refractivity contribution in [3.63, 3.8) is 0 Å². The fraction of sp³-hybridized carbons (Fsp3) is 0.654. The topological polar surface area (TPSA) is 74.8 Å². The lowest BCUT2D eigenvalue weighted by Crippen LogP contribution is -2.64. The summed E-state index contributed by atoms with van der Waals surface area (Å²) >= 11 is 0. The van der Waals surface area contributed by atoms with Crippen LogP contribution in [0.15, 0.2) is 48.0 Å². The molecule has 2 fully saturated rings. The van der Waals surface area contributed by atoms with Crippen LogP contribution in [0.3, 0.4) is 0 Å². The van der Waals surface area contributed by atoms with Crippen LogP contribution in [0.2, 0.25) is 0 Å². The number of hydrogen-bond donors (Lipinski definition) is 0. The Morgan fingerprint density at radius 1 is 0.609 bits per heavy atom. The maximum absolute atomic E-state index is 15.5. The van der Waals surface area contributed by atoms with Crippen molar-refractivity contribution in [2.75, 3.05) is 0 Å². The zero-order valence-corrected chi connectivity index (χ0v) is 39.8. The predicted molar refractivity (Wildman–Crippen MR) is 239 cm³/mol. The summed E-state index contributed by atoms with van der Waals surface area (Å²) in [7, 11) is 0. The number of rotatable bonds is 18. The highest BCUT2D eigenvalue weighted by atomic mass is 19.4. The number of fused-ring (bicyclic) bond motifs is 1. The Labute approximate surface area is 377 Å². The fourth-order valence-electron chi connectivity index (χ4n) is 12.3. The van der Waals surface area contributed by atoms with Gasteiger partial charge in [-0.1, -0.05) is 117 Å². The first kappa shape index (κ1) is 51.0. The third-order valence-corrected chi connectivity index (χ3v) is 15.9. The summed E-state index contributed by atoms with van der Waals surface area (Å²) in [6.07, 6.45) is -2.33. The van der Waals surface area contributed by atoms with E-state index in [1.807, 2.05) is 75.3 Å². The molecule has 354 valence electrons. The average molecular weight is 901 g/mol. The molecule has 4 amide bonds. The van der Waals surface area contributed by atoms with E-state index < -0.39 is 92.0 Å². The van der Waals surface area contributed by atoms with Crippen molar-refractivity contribution in [1.29, 1.82) is 0 Å². The number of allylic oxidation sites excluding steroid dienone is 1. The first-order valence-electron chi connectivity index (χ1n) is 23.7. The van der Waals surface area contributed by atoms with Crippen LogP contribution < -0.4 is 0 Å². The number of alkyl halides is 6. The number of carbonyl (C=O) groups is 4. The third-order valence-electron chi connectivity index (χ3n) is 15.9. The summed E-state index contributed by atoms with van der Waals surface area (Å²) < 4.78 is 91.2. The summed E-state index contributed by atoms with van der Waals surface area (Å²) in [6.45, 7) is 20.7. The van der Waals surface area contributed by atoms with Crippen molar-refractivity contribution < 1.29 is 45.5 Å². The number of imide groups is 2. The monoisotopic (exact) mass is 901 g/mol. The van der Waals surface area contributed by atoms with E-state index in [0.717, 1.165) is 31.0 Å². The van der Waals surface area contributed by atoms with Crippen molar-refractivity contribution in [3.8, 4) is 11.1 Å². The number of unbranched alkanes of at least 4 members (excludes halogenated alkanes) is 1. The lowest BCUT2D eigenvalue weighted by atomic mass is 9.58. The number of halogens is 6. The van der Waals surface area contributed by atoms with Gasteiger partial charge in [-0.3, -0.25) is 29.0 Å². The molecule has 2 aromatic carbocycles. The number of benzene rings is 2. The molecule has 64 heavy (non-hydrogen) atoms. The Morgan fingerprint density at radius 3 is 1.62 bits per heavy atom. The maximum Gasteiger partial charge on any atom is 0.417 e. The molecule has 0 spiro atoms. The average Bonchev–Trinajstić information content (AvgIpc) is 3.69. The zero-order valence-electron chi connectivity index (χ0n) is 39.8. The van der Waals surface area contributed by atoms with E-state index in [1.165, 1.54) is 28.0 Å². The number of amides is 4. The Hall–Kier alpha value is -3.96. The van der Waals surface area contributed by atoms with Crippen LogP contribution in [0, 0.1) is 23.7 Å². The third kappa shape index (κ3) is 8.62. The quantitative estimate of drug-likeness (QED) is 0.0848. The molecule has 2 aliphatic heterocycles. The fourth-order valence-corrected chi connectivity index (χ4v) is 12.3. The predicted octanol–water partition coefficient (Wildman–Crippen LogP) is 13.8. The van der Waals surface area contributed by atoms with E-state index in [4.69, 9.17) is 0 Å². The Bertz CT molecular complexity index is 2120. The molecule has 0 aromatic heterocycles. The highest BCUT2D eigenvalue weighted by molar-refractivity contribution is 6.08. The van der Waals surface area contributed by atoms with E-state index in [1.54, 1.807) is 6.92 Å². The minimum absolute atomic E-state index is 0.00128. The summed E-state index contributed by atoms with van der Waals surface area (Å²) in [6, 6.07) is 7.24. The van der Waals surface area contributed by atoms with Gasteiger partial charge < -0.3 is 0 Å².